The lowest BCUT2D eigenvalue weighted by Crippen LogP contribution is -2.11. The lowest BCUT2D eigenvalue weighted by molar-refractivity contribution is 0.368. The third-order valence-corrected chi connectivity index (χ3v) is 4.51. The first-order valence-corrected chi connectivity index (χ1v) is 9.69. The summed E-state index contributed by atoms with van der Waals surface area (Å²) in [5.41, 5.74) is 0.989. The first-order chi connectivity index (χ1) is 13.8. The van der Waals surface area contributed by atoms with Gasteiger partial charge in [-0.3, -0.25) is 0 Å². The number of benzene rings is 2. The van der Waals surface area contributed by atoms with E-state index in [1.165, 1.54) is 24.3 Å². The van der Waals surface area contributed by atoms with E-state index in [4.69, 9.17) is 15.1 Å². The maximum absolute atomic E-state index is 14.1. The number of rotatable bonds is 7. The van der Waals surface area contributed by atoms with Gasteiger partial charge in [0.2, 0.25) is 16.0 Å². The fourth-order valence-corrected chi connectivity index (χ4v) is 2.80. The summed E-state index contributed by atoms with van der Waals surface area (Å²) in [7, 11) is -3.80. The fraction of sp³-hybridized carbons (Fsp3) is 0.0556. The summed E-state index contributed by atoms with van der Waals surface area (Å²) in [6, 6.07) is 14.1. The minimum absolute atomic E-state index is 0.0380. The molecule has 0 aliphatic carbocycles. The normalized spacial score (nSPS) is 10.8. The van der Waals surface area contributed by atoms with Crippen LogP contribution in [0.1, 0.15) is 0 Å². The van der Waals surface area contributed by atoms with Gasteiger partial charge < -0.3 is 15.4 Å². The Morgan fingerprint density at radius 3 is 2.59 bits per heavy atom. The van der Waals surface area contributed by atoms with E-state index >= 15 is 0 Å². The van der Waals surface area contributed by atoms with E-state index in [9.17, 15) is 12.8 Å². The van der Waals surface area contributed by atoms with Crippen LogP contribution in [0.4, 0.5) is 27.5 Å². The molecule has 0 aliphatic rings. The van der Waals surface area contributed by atoms with E-state index in [0.29, 0.717) is 17.1 Å². The van der Waals surface area contributed by atoms with Crippen LogP contribution < -0.4 is 20.5 Å². The molecule has 0 spiro atoms. The maximum Gasteiger partial charge on any atom is 0.238 e. The molecule has 3 rings (SSSR count). The lowest BCUT2D eigenvalue weighted by Gasteiger charge is -2.11. The van der Waals surface area contributed by atoms with Crippen molar-refractivity contribution in [2.75, 3.05) is 17.2 Å². The number of sulfonamides is 1. The third-order valence-electron chi connectivity index (χ3n) is 3.58. The Morgan fingerprint density at radius 2 is 1.90 bits per heavy atom. The predicted octanol–water partition coefficient (Wildman–Crippen LogP) is 2.65. The van der Waals surface area contributed by atoms with Crippen molar-refractivity contribution in [1.29, 1.82) is 5.26 Å². The summed E-state index contributed by atoms with van der Waals surface area (Å²) in [5, 5.41) is 19.3. The minimum Gasteiger partial charge on any atom is -0.479 e. The minimum atomic E-state index is -3.80. The van der Waals surface area contributed by atoms with Gasteiger partial charge in [0.15, 0.2) is 18.2 Å². The molecule has 3 aromatic rings. The number of hydrogen-bond donors (Lipinski definition) is 3. The molecule has 0 bridgehead atoms. The number of anilines is 4. The van der Waals surface area contributed by atoms with Crippen LogP contribution in [0.3, 0.4) is 0 Å². The summed E-state index contributed by atoms with van der Waals surface area (Å²) in [4.78, 5) is 7.91. The molecule has 2 aromatic carbocycles. The van der Waals surface area contributed by atoms with E-state index in [1.54, 1.807) is 24.3 Å². The van der Waals surface area contributed by atoms with Crippen molar-refractivity contribution in [3.8, 4) is 11.8 Å². The molecule has 0 atom stereocenters. The average molecular weight is 414 g/mol. The van der Waals surface area contributed by atoms with Crippen molar-refractivity contribution in [3.63, 3.8) is 0 Å². The third kappa shape index (κ3) is 5.38. The second-order valence-corrected chi connectivity index (χ2v) is 7.25. The monoisotopic (exact) mass is 414 g/mol. The summed E-state index contributed by atoms with van der Waals surface area (Å²) in [6.45, 7) is -0.108. The fourth-order valence-electron chi connectivity index (χ4n) is 2.29. The van der Waals surface area contributed by atoms with Gasteiger partial charge in [-0.25, -0.2) is 22.9 Å². The number of nitrogens with one attached hydrogen (secondary N) is 2. The van der Waals surface area contributed by atoms with Gasteiger partial charge in [0, 0.05) is 17.4 Å². The highest BCUT2D eigenvalue weighted by atomic mass is 32.2. The van der Waals surface area contributed by atoms with Crippen LogP contribution in [0.25, 0.3) is 0 Å². The molecule has 0 radical (unpaired) electrons. The second-order valence-electron chi connectivity index (χ2n) is 5.68. The van der Waals surface area contributed by atoms with Crippen molar-refractivity contribution in [2.24, 2.45) is 5.14 Å². The molecule has 148 valence electrons. The Morgan fingerprint density at radius 1 is 1.14 bits per heavy atom. The summed E-state index contributed by atoms with van der Waals surface area (Å²) in [5.74, 6) is -0.224. The average Bonchev–Trinajstić information content (AvgIpc) is 2.69. The molecule has 1 aromatic heterocycles. The molecule has 0 amide bonds. The zero-order chi connectivity index (χ0) is 20.9. The summed E-state index contributed by atoms with van der Waals surface area (Å²) in [6.07, 6.45) is 0.992. The van der Waals surface area contributed by atoms with E-state index < -0.39 is 15.8 Å². The molecule has 9 nitrogen and oxygen atoms in total. The van der Waals surface area contributed by atoms with Crippen LogP contribution in [0.15, 0.2) is 59.6 Å². The molecule has 0 saturated carbocycles. The van der Waals surface area contributed by atoms with Gasteiger partial charge in [0.05, 0.1) is 11.1 Å². The Hall–Kier alpha value is -3.75. The standard InChI is InChI=1S/C18H15FN6O3S/c19-16-11-22-18(24-12-4-6-15(7-5-12)29(21,26)27)25-17(16)23-13-2-1-3-14(10-13)28-9-8-20/h1-7,10-11H,9H2,(H2,21,26,27)(H2,22,23,24,25). The second kappa shape index (κ2) is 8.51. The highest BCUT2D eigenvalue weighted by molar-refractivity contribution is 7.89. The molecule has 29 heavy (non-hydrogen) atoms. The van der Waals surface area contributed by atoms with Crippen molar-refractivity contribution in [1.82, 2.24) is 9.97 Å². The van der Waals surface area contributed by atoms with Crippen LogP contribution >= 0.6 is 0 Å². The van der Waals surface area contributed by atoms with Gasteiger partial charge in [0.25, 0.3) is 0 Å². The van der Waals surface area contributed by atoms with Crippen LogP contribution in [-0.2, 0) is 10.0 Å². The number of hydrogen-bond acceptors (Lipinski definition) is 8. The van der Waals surface area contributed by atoms with Crippen molar-refractivity contribution in [2.45, 2.75) is 4.90 Å². The highest BCUT2D eigenvalue weighted by Crippen LogP contribution is 2.23. The Bertz CT molecular complexity index is 1160. The van der Waals surface area contributed by atoms with E-state index in [2.05, 4.69) is 20.6 Å². The molecule has 0 saturated heterocycles. The zero-order valence-corrected chi connectivity index (χ0v) is 15.6. The lowest BCUT2D eigenvalue weighted by atomic mass is 10.3. The van der Waals surface area contributed by atoms with Gasteiger partial charge in [-0.1, -0.05) is 6.07 Å². The van der Waals surface area contributed by atoms with Gasteiger partial charge in [0.1, 0.15) is 11.8 Å². The molecule has 1 heterocycles. The van der Waals surface area contributed by atoms with Gasteiger partial charge in [-0.2, -0.15) is 10.2 Å². The number of nitrogens with zero attached hydrogens (tertiary/aromatic N) is 3. The molecule has 0 fully saturated rings. The molecule has 0 aliphatic heterocycles. The molecular weight excluding hydrogens is 399 g/mol. The van der Waals surface area contributed by atoms with Crippen LogP contribution in [-0.4, -0.2) is 25.0 Å². The largest absolute Gasteiger partial charge is 0.479 e. The molecule has 0 unspecified atom stereocenters. The first kappa shape index (κ1) is 20.0. The van der Waals surface area contributed by atoms with Gasteiger partial charge in [-0.15, -0.1) is 0 Å². The maximum atomic E-state index is 14.1. The Labute approximate surface area is 166 Å². The smallest absolute Gasteiger partial charge is 0.238 e. The number of nitrogens with two attached hydrogens (primary N) is 1. The SMILES string of the molecule is N#CCOc1cccc(Nc2nc(Nc3ccc(S(N)(=O)=O)cc3)ncc2F)c1. The topological polar surface area (TPSA) is 143 Å². The van der Waals surface area contributed by atoms with E-state index in [-0.39, 0.29) is 23.3 Å². The number of nitriles is 1. The van der Waals surface area contributed by atoms with Crippen LogP contribution in [0.5, 0.6) is 5.75 Å². The Balaban J connectivity index is 1.77. The quantitative estimate of drug-likeness (QED) is 0.535. The van der Waals surface area contributed by atoms with Gasteiger partial charge >= 0.3 is 0 Å². The van der Waals surface area contributed by atoms with Crippen molar-refractivity contribution >= 4 is 33.2 Å². The van der Waals surface area contributed by atoms with E-state index in [0.717, 1.165) is 6.20 Å². The zero-order valence-electron chi connectivity index (χ0n) is 14.8. The predicted molar refractivity (Wildman–Crippen MR) is 104 cm³/mol. The van der Waals surface area contributed by atoms with Crippen molar-refractivity contribution < 1.29 is 17.5 Å². The van der Waals surface area contributed by atoms with Crippen LogP contribution in [0.2, 0.25) is 0 Å². The number of aromatic nitrogens is 2. The first-order valence-electron chi connectivity index (χ1n) is 8.14. The molecule has 4 N–H and O–H groups in total. The molecular formula is C18H15FN6O3S. The highest BCUT2D eigenvalue weighted by Gasteiger charge is 2.10. The van der Waals surface area contributed by atoms with Crippen LogP contribution in [0, 0.1) is 17.1 Å². The molecule has 11 heteroatoms. The number of halogens is 1. The van der Waals surface area contributed by atoms with Crippen molar-refractivity contribution in [3.05, 3.63) is 60.5 Å². The number of ether oxygens (including phenoxy) is 1. The Kier molecular flexibility index (Phi) is 5.87. The van der Waals surface area contributed by atoms with E-state index in [1.807, 2.05) is 6.07 Å². The number of primary sulfonamides is 1. The van der Waals surface area contributed by atoms with Gasteiger partial charge in [-0.05, 0) is 36.4 Å². The summed E-state index contributed by atoms with van der Waals surface area (Å²) < 4.78 is 41.9. The summed E-state index contributed by atoms with van der Waals surface area (Å²) >= 11 is 0.